The first-order valence-electron chi connectivity index (χ1n) is 9.73. The summed E-state index contributed by atoms with van der Waals surface area (Å²) in [5.74, 6) is 1.11. The van der Waals surface area contributed by atoms with Crippen LogP contribution >= 0.6 is 11.3 Å². The Bertz CT molecular complexity index is 1010. The molecule has 5 nitrogen and oxygen atoms in total. The molecule has 0 bridgehead atoms. The number of thiophene rings is 1. The first kappa shape index (κ1) is 20.7. The Balaban J connectivity index is 1.96. The molecule has 0 fully saturated rings. The number of nitrogens with zero attached hydrogens (tertiary/aromatic N) is 2. The van der Waals surface area contributed by atoms with Gasteiger partial charge in [0.25, 0.3) is 5.56 Å². The molecule has 6 heteroatoms. The Morgan fingerprint density at radius 3 is 2.57 bits per heavy atom. The fourth-order valence-corrected chi connectivity index (χ4v) is 4.46. The van der Waals surface area contributed by atoms with Crippen LogP contribution in [0.3, 0.4) is 0 Å². The number of benzene rings is 1. The van der Waals surface area contributed by atoms with Crippen molar-refractivity contribution in [3.05, 3.63) is 50.9 Å². The van der Waals surface area contributed by atoms with E-state index in [1.165, 1.54) is 22.5 Å². The van der Waals surface area contributed by atoms with Crippen molar-refractivity contribution in [2.24, 2.45) is 5.92 Å². The van der Waals surface area contributed by atoms with Crippen LogP contribution in [-0.4, -0.2) is 39.2 Å². The van der Waals surface area contributed by atoms with Gasteiger partial charge in [0, 0.05) is 24.0 Å². The lowest BCUT2D eigenvalue weighted by Crippen LogP contribution is -2.34. The number of aliphatic hydroxyl groups excluding tert-OH is 1. The molecule has 3 rings (SSSR count). The molecule has 28 heavy (non-hydrogen) atoms. The second kappa shape index (κ2) is 8.55. The number of aryl methyl sites for hydroxylation is 2. The van der Waals surface area contributed by atoms with Gasteiger partial charge in [-0.1, -0.05) is 32.0 Å². The summed E-state index contributed by atoms with van der Waals surface area (Å²) in [5, 5.41) is 12.5. The fraction of sp³-hybridized carbons (Fsp3) is 0.455. The highest BCUT2D eigenvalue weighted by atomic mass is 32.1. The lowest BCUT2D eigenvalue weighted by atomic mass is 10.0. The maximum atomic E-state index is 12.9. The molecule has 0 aliphatic heterocycles. The number of aromatic nitrogens is 2. The molecule has 0 spiro atoms. The van der Waals surface area contributed by atoms with Crippen molar-refractivity contribution in [2.75, 3.05) is 13.1 Å². The van der Waals surface area contributed by atoms with Crippen molar-refractivity contribution in [2.45, 2.75) is 47.3 Å². The first-order valence-corrected chi connectivity index (χ1v) is 10.6. The second-order valence-electron chi connectivity index (χ2n) is 8.08. The van der Waals surface area contributed by atoms with Crippen LogP contribution in [-0.2, 0) is 6.54 Å². The summed E-state index contributed by atoms with van der Waals surface area (Å²) in [7, 11) is 0. The van der Waals surface area contributed by atoms with Crippen LogP contribution in [0.1, 0.15) is 37.7 Å². The number of hydrogen-bond donors (Lipinski definition) is 2. The first-order chi connectivity index (χ1) is 13.2. The highest BCUT2D eigenvalue weighted by Gasteiger charge is 2.16. The van der Waals surface area contributed by atoms with E-state index in [4.69, 9.17) is 4.98 Å². The van der Waals surface area contributed by atoms with Gasteiger partial charge in [-0.2, -0.15) is 0 Å². The van der Waals surface area contributed by atoms with Gasteiger partial charge in [-0.25, -0.2) is 4.98 Å². The van der Waals surface area contributed by atoms with Gasteiger partial charge >= 0.3 is 0 Å². The van der Waals surface area contributed by atoms with Gasteiger partial charge in [-0.3, -0.25) is 9.69 Å². The quantitative estimate of drug-likeness (QED) is 0.627. The minimum Gasteiger partial charge on any atom is -0.392 e. The largest absolute Gasteiger partial charge is 0.392 e. The van der Waals surface area contributed by atoms with Crippen LogP contribution in [0.5, 0.6) is 0 Å². The molecule has 0 aliphatic rings. The van der Waals surface area contributed by atoms with E-state index in [1.54, 1.807) is 6.92 Å². The zero-order valence-electron chi connectivity index (χ0n) is 17.2. The monoisotopic (exact) mass is 399 g/mol. The zero-order chi connectivity index (χ0) is 20.4. The molecule has 0 unspecified atom stereocenters. The maximum Gasteiger partial charge on any atom is 0.260 e. The molecule has 0 saturated carbocycles. The van der Waals surface area contributed by atoms with Crippen molar-refractivity contribution in [3.8, 4) is 11.1 Å². The molecule has 1 atom stereocenters. The van der Waals surface area contributed by atoms with E-state index >= 15 is 0 Å². The SMILES string of the molecule is Cc1ccc(-c2csc3nc(CN(CC(C)C)C[C@@H](C)O)[nH]c(=O)c23)cc1C. The fourth-order valence-electron chi connectivity index (χ4n) is 3.50. The molecule has 0 amide bonds. The van der Waals surface area contributed by atoms with Crippen molar-refractivity contribution >= 4 is 21.6 Å². The highest BCUT2D eigenvalue weighted by Crippen LogP contribution is 2.31. The summed E-state index contributed by atoms with van der Waals surface area (Å²) in [6.45, 7) is 12.1. The number of hydrogen-bond acceptors (Lipinski definition) is 5. The minimum atomic E-state index is -0.424. The Kier molecular flexibility index (Phi) is 6.33. The smallest absolute Gasteiger partial charge is 0.260 e. The molecule has 150 valence electrons. The van der Waals surface area contributed by atoms with Gasteiger partial charge < -0.3 is 10.1 Å². The number of fused-ring (bicyclic) bond motifs is 1. The van der Waals surface area contributed by atoms with Crippen LogP contribution in [0.4, 0.5) is 0 Å². The predicted molar refractivity (Wildman–Crippen MR) is 117 cm³/mol. The molecule has 0 radical (unpaired) electrons. The van der Waals surface area contributed by atoms with Crippen molar-refractivity contribution in [1.82, 2.24) is 14.9 Å². The van der Waals surface area contributed by atoms with Crippen molar-refractivity contribution in [3.63, 3.8) is 0 Å². The summed E-state index contributed by atoms with van der Waals surface area (Å²) in [6, 6.07) is 6.27. The van der Waals surface area contributed by atoms with Gasteiger partial charge in [-0.05, 0) is 43.4 Å². The standard InChI is InChI=1S/C22H29N3O2S/c1-13(2)9-25(10-16(5)26)11-19-23-21(27)20-18(12-28-22(20)24-19)17-7-6-14(3)15(4)8-17/h6-8,12-13,16,26H,9-11H2,1-5H3,(H,23,24,27)/t16-/m1/s1. The lowest BCUT2D eigenvalue weighted by Gasteiger charge is -2.24. The number of nitrogens with one attached hydrogen (secondary N) is 1. The van der Waals surface area contributed by atoms with Crippen LogP contribution < -0.4 is 5.56 Å². The molecule has 1 aromatic carbocycles. The van der Waals surface area contributed by atoms with Crippen LogP contribution in [0.25, 0.3) is 21.3 Å². The number of aromatic amines is 1. The van der Waals surface area contributed by atoms with Gasteiger partial charge in [0.1, 0.15) is 10.7 Å². The third-order valence-corrected chi connectivity index (χ3v) is 5.70. The number of rotatable bonds is 7. The average Bonchev–Trinajstić information content (AvgIpc) is 3.00. The van der Waals surface area contributed by atoms with Crippen molar-refractivity contribution < 1.29 is 5.11 Å². The molecular weight excluding hydrogens is 370 g/mol. The molecule has 2 N–H and O–H groups in total. The minimum absolute atomic E-state index is 0.101. The van der Waals surface area contributed by atoms with Gasteiger partial charge in [0.2, 0.25) is 0 Å². The molecule has 2 heterocycles. The maximum absolute atomic E-state index is 12.9. The summed E-state index contributed by atoms with van der Waals surface area (Å²) in [5.41, 5.74) is 4.33. The van der Waals surface area contributed by atoms with Gasteiger partial charge in [-0.15, -0.1) is 11.3 Å². The van der Waals surface area contributed by atoms with E-state index in [1.807, 2.05) is 5.38 Å². The Hall–Kier alpha value is -2.02. The summed E-state index contributed by atoms with van der Waals surface area (Å²) in [4.78, 5) is 23.5. The normalized spacial score (nSPS) is 13.0. The second-order valence-corrected chi connectivity index (χ2v) is 8.94. The van der Waals surface area contributed by atoms with E-state index in [9.17, 15) is 9.90 Å². The van der Waals surface area contributed by atoms with Gasteiger partial charge in [0.15, 0.2) is 0 Å². The Labute approximate surface area is 170 Å². The van der Waals surface area contributed by atoms with E-state index in [2.05, 4.69) is 55.8 Å². The topological polar surface area (TPSA) is 69.2 Å². The third kappa shape index (κ3) is 4.69. The average molecular weight is 400 g/mol. The highest BCUT2D eigenvalue weighted by molar-refractivity contribution is 7.17. The van der Waals surface area contributed by atoms with E-state index in [0.717, 1.165) is 22.5 Å². The number of H-pyrrole nitrogens is 1. The van der Waals surface area contributed by atoms with Gasteiger partial charge in [0.05, 0.1) is 18.0 Å². The molecule has 3 aromatic rings. The molecular formula is C22H29N3O2S. The number of aliphatic hydroxyl groups is 1. The summed E-state index contributed by atoms with van der Waals surface area (Å²) >= 11 is 1.50. The van der Waals surface area contributed by atoms with Crippen LogP contribution in [0.2, 0.25) is 0 Å². The molecule has 0 aliphatic carbocycles. The van der Waals surface area contributed by atoms with Crippen LogP contribution in [0, 0.1) is 19.8 Å². The van der Waals surface area contributed by atoms with Crippen LogP contribution in [0.15, 0.2) is 28.4 Å². The summed E-state index contributed by atoms with van der Waals surface area (Å²) in [6.07, 6.45) is -0.424. The predicted octanol–water partition coefficient (Wildman–Crippen LogP) is 4.11. The lowest BCUT2D eigenvalue weighted by molar-refractivity contribution is 0.113. The van der Waals surface area contributed by atoms with E-state index in [0.29, 0.717) is 30.2 Å². The van der Waals surface area contributed by atoms with Crippen molar-refractivity contribution in [1.29, 1.82) is 0 Å². The summed E-state index contributed by atoms with van der Waals surface area (Å²) < 4.78 is 0. The Morgan fingerprint density at radius 1 is 1.18 bits per heavy atom. The Morgan fingerprint density at radius 2 is 1.93 bits per heavy atom. The van der Waals surface area contributed by atoms with E-state index < -0.39 is 6.10 Å². The molecule has 2 aromatic heterocycles. The third-order valence-electron chi connectivity index (χ3n) is 4.83. The molecule has 0 saturated heterocycles. The van der Waals surface area contributed by atoms with E-state index in [-0.39, 0.29) is 5.56 Å². The zero-order valence-corrected chi connectivity index (χ0v) is 18.1.